The number of carbonyl (C=O) groups excluding carboxylic acids is 1. The zero-order chi connectivity index (χ0) is 11.4. The molecule has 1 aromatic carbocycles. The van der Waals surface area contributed by atoms with E-state index in [0.717, 1.165) is 24.7 Å². The Labute approximate surface area is 95.0 Å². The molecule has 1 heterocycles. The lowest BCUT2D eigenvalue weighted by atomic mass is 9.87. The molecule has 1 atom stereocenters. The van der Waals surface area contributed by atoms with Gasteiger partial charge < -0.3 is 9.84 Å². The van der Waals surface area contributed by atoms with E-state index in [1.807, 2.05) is 18.2 Å². The van der Waals surface area contributed by atoms with Gasteiger partial charge in [-0.3, -0.25) is 4.79 Å². The second kappa shape index (κ2) is 5.23. The summed E-state index contributed by atoms with van der Waals surface area (Å²) in [5.74, 6) is 0.204. The molecule has 16 heavy (non-hydrogen) atoms. The van der Waals surface area contributed by atoms with Crippen molar-refractivity contribution >= 4 is 6.29 Å². The van der Waals surface area contributed by atoms with Gasteiger partial charge in [0.2, 0.25) is 0 Å². The summed E-state index contributed by atoms with van der Waals surface area (Å²) in [7, 11) is 0. The van der Waals surface area contributed by atoms with Gasteiger partial charge in [-0.25, -0.2) is 0 Å². The summed E-state index contributed by atoms with van der Waals surface area (Å²) >= 11 is 0. The third kappa shape index (κ3) is 2.31. The Morgan fingerprint density at radius 1 is 1.31 bits per heavy atom. The van der Waals surface area contributed by atoms with Gasteiger partial charge in [-0.15, -0.1) is 0 Å². The highest BCUT2D eigenvalue weighted by molar-refractivity contribution is 5.77. The molecule has 1 unspecified atom stereocenters. The van der Waals surface area contributed by atoms with Crippen LogP contribution >= 0.6 is 0 Å². The van der Waals surface area contributed by atoms with Crippen LogP contribution in [0.2, 0.25) is 0 Å². The molecule has 0 saturated carbocycles. The molecule has 86 valence electrons. The number of aliphatic hydroxyl groups is 1. The molecule has 0 bridgehead atoms. The largest absolute Gasteiger partial charge is 0.388 e. The fourth-order valence-corrected chi connectivity index (χ4v) is 2.17. The lowest BCUT2D eigenvalue weighted by Crippen LogP contribution is -2.22. The molecule has 1 fully saturated rings. The van der Waals surface area contributed by atoms with Crippen LogP contribution < -0.4 is 0 Å². The van der Waals surface area contributed by atoms with Gasteiger partial charge in [-0.1, -0.05) is 24.3 Å². The van der Waals surface area contributed by atoms with Gasteiger partial charge in [-0.2, -0.15) is 0 Å². The Morgan fingerprint density at radius 3 is 2.69 bits per heavy atom. The first-order valence-electron chi connectivity index (χ1n) is 5.63. The number of aliphatic hydroxyl groups excluding tert-OH is 1. The minimum atomic E-state index is -0.551. The number of ether oxygens (including phenoxy) is 1. The van der Waals surface area contributed by atoms with E-state index in [1.54, 1.807) is 6.07 Å². The highest BCUT2D eigenvalue weighted by Gasteiger charge is 2.24. The standard InChI is InChI=1S/C13H16O3/c14-9-11-3-1-2-4-12(11)13(15)10-5-7-16-8-6-10/h1-4,9-10,13,15H,5-8H2. The van der Waals surface area contributed by atoms with Crippen molar-refractivity contribution < 1.29 is 14.6 Å². The number of benzene rings is 1. The first-order valence-corrected chi connectivity index (χ1v) is 5.63. The summed E-state index contributed by atoms with van der Waals surface area (Å²) in [5.41, 5.74) is 1.32. The van der Waals surface area contributed by atoms with Crippen LogP contribution in [0.3, 0.4) is 0 Å². The predicted molar refractivity (Wildman–Crippen MR) is 60.3 cm³/mol. The van der Waals surface area contributed by atoms with Crippen molar-refractivity contribution in [3.05, 3.63) is 35.4 Å². The first kappa shape index (κ1) is 11.3. The van der Waals surface area contributed by atoms with E-state index >= 15 is 0 Å². The number of aldehydes is 1. The van der Waals surface area contributed by atoms with Gasteiger partial charge in [-0.05, 0) is 24.3 Å². The molecule has 0 radical (unpaired) electrons. The highest BCUT2D eigenvalue weighted by Crippen LogP contribution is 2.31. The van der Waals surface area contributed by atoms with Gasteiger partial charge in [0, 0.05) is 18.8 Å². The van der Waals surface area contributed by atoms with Crippen molar-refractivity contribution in [3.63, 3.8) is 0 Å². The van der Waals surface area contributed by atoms with E-state index in [-0.39, 0.29) is 5.92 Å². The van der Waals surface area contributed by atoms with Crippen LogP contribution in [0.25, 0.3) is 0 Å². The molecule has 1 N–H and O–H groups in total. The quantitative estimate of drug-likeness (QED) is 0.792. The van der Waals surface area contributed by atoms with Crippen molar-refractivity contribution in [3.8, 4) is 0 Å². The van der Waals surface area contributed by atoms with Crippen LogP contribution in [0.5, 0.6) is 0 Å². The van der Waals surface area contributed by atoms with Crippen molar-refractivity contribution in [1.82, 2.24) is 0 Å². The Hall–Kier alpha value is -1.19. The van der Waals surface area contributed by atoms with Gasteiger partial charge in [0.25, 0.3) is 0 Å². The molecule has 0 amide bonds. The van der Waals surface area contributed by atoms with Crippen LogP contribution in [0.4, 0.5) is 0 Å². The Morgan fingerprint density at radius 2 is 2.00 bits per heavy atom. The van der Waals surface area contributed by atoms with Crippen molar-refractivity contribution in [2.24, 2.45) is 5.92 Å². The zero-order valence-electron chi connectivity index (χ0n) is 9.13. The van der Waals surface area contributed by atoms with Crippen LogP contribution in [0.1, 0.15) is 34.9 Å². The van der Waals surface area contributed by atoms with Gasteiger partial charge in [0.1, 0.15) is 6.29 Å². The maximum atomic E-state index is 10.9. The fraction of sp³-hybridized carbons (Fsp3) is 0.462. The van der Waals surface area contributed by atoms with E-state index in [2.05, 4.69) is 0 Å². The molecular weight excluding hydrogens is 204 g/mol. The van der Waals surface area contributed by atoms with Gasteiger partial charge in [0.15, 0.2) is 0 Å². The summed E-state index contributed by atoms with van der Waals surface area (Å²) in [6, 6.07) is 7.23. The maximum absolute atomic E-state index is 10.9. The molecule has 0 aromatic heterocycles. The average molecular weight is 220 g/mol. The van der Waals surface area contributed by atoms with Crippen LogP contribution in [0.15, 0.2) is 24.3 Å². The van der Waals surface area contributed by atoms with E-state index in [1.165, 1.54) is 0 Å². The Bertz CT molecular complexity index is 356. The minimum absolute atomic E-state index is 0.204. The third-order valence-electron chi connectivity index (χ3n) is 3.15. The molecule has 0 aliphatic carbocycles. The van der Waals surface area contributed by atoms with Crippen molar-refractivity contribution in [2.75, 3.05) is 13.2 Å². The first-order chi connectivity index (χ1) is 7.83. The maximum Gasteiger partial charge on any atom is 0.150 e. The number of carbonyl (C=O) groups is 1. The van der Waals surface area contributed by atoms with Crippen molar-refractivity contribution in [2.45, 2.75) is 18.9 Å². The number of hydrogen-bond donors (Lipinski definition) is 1. The second-order valence-electron chi connectivity index (χ2n) is 4.14. The fourth-order valence-electron chi connectivity index (χ4n) is 2.17. The summed E-state index contributed by atoms with van der Waals surface area (Å²) in [6.45, 7) is 1.40. The predicted octanol–water partition coefficient (Wildman–Crippen LogP) is 1.96. The zero-order valence-corrected chi connectivity index (χ0v) is 9.13. The highest BCUT2D eigenvalue weighted by atomic mass is 16.5. The van der Waals surface area contributed by atoms with Gasteiger partial charge in [0.05, 0.1) is 6.10 Å². The smallest absolute Gasteiger partial charge is 0.150 e. The monoisotopic (exact) mass is 220 g/mol. The third-order valence-corrected chi connectivity index (χ3v) is 3.15. The lowest BCUT2D eigenvalue weighted by Gasteiger charge is -2.27. The lowest BCUT2D eigenvalue weighted by molar-refractivity contribution is 0.00699. The molecule has 0 spiro atoms. The van der Waals surface area contributed by atoms with Crippen LogP contribution in [-0.2, 0) is 4.74 Å². The normalized spacial score (nSPS) is 19.3. The summed E-state index contributed by atoms with van der Waals surface area (Å²) in [5, 5.41) is 10.2. The molecule has 1 aliphatic rings. The molecule has 1 saturated heterocycles. The number of rotatable bonds is 3. The van der Waals surface area contributed by atoms with Crippen LogP contribution in [-0.4, -0.2) is 24.6 Å². The average Bonchev–Trinajstić information content (AvgIpc) is 2.39. The van der Waals surface area contributed by atoms with E-state index in [9.17, 15) is 9.90 Å². The second-order valence-corrected chi connectivity index (χ2v) is 4.14. The van der Waals surface area contributed by atoms with Crippen molar-refractivity contribution in [1.29, 1.82) is 0 Å². The summed E-state index contributed by atoms with van der Waals surface area (Å²) in [4.78, 5) is 10.9. The molecule has 1 aromatic rings. The molecule has 3 nitrogen and oxygen atoms in total. The molecule has 3 heteroatoms. The van der Waals surface area contributed by atoms with E-state index in [0.29, 0.717) is 18.8 Å². The van der Waals surface area contributed by atoms with Crippen LogP contribution in [0, 0.1) is 5.92 Å². The topological polar surface area (TPSA) is 46.5 Å². The minimum Gasteiger partial charge on any atom is -0.388 e. The Kier molecular flexibility index (Phi) is 3.70. The molecular formula is C13H16O3. The van der Waals surface area contributed by atoms with E-state index < -0.39 is 6.10 Å². The molecule has 1 aliphatic heterocycles. The summed E-state index contributed by atoms with van der Waals surface area (Å²) in [6.07, 6.45) is 1.96. The summed E-state index contributed by atoms with van der Waals surface area (Å²) < 4.78 is 5.26. The molecule has 2 rings (SSSR count). The van der Waals surface area contributed by atoms with E-state index in [4.69, 9.17) is 4.74 Å². The SMILES string of the molecule is O=Cc1ccccc1C(O)C1CCOCC1. The Balaban J connectivity index is 2.18. The number of hydrogen-bond acceptors (Lipinski definition) is 3. The van der Waals surface area contributed by atoms with Gasteiger partial charge >= 0.3 is 0 Å².